The van der Waals surface area contributed by atoms with Crippen molar-refractivity contribution in [2.45, 2.75) is 19.1 Å². The number of aromatic nitrogens is 2. The number of nitrogens with one attached hydrogen (secondary N) is 1. The van der Waals surface area contributed by atoms with E-state index in [0.717, 1.165) is 0 Å². The van der Waals surface area contributed by atoms with Gasteiger partial charge in [-0.3, -0.25) is 4.79 Å². The zero-order valence-corrected chi connectivity index (χ0v) is 9.09. The van der Waals surface area contributed by atoms with Gasteiger partial charge in [-0.2, -0.15) is 13.2 Å². The lowest BCUT2D eigenvalue weighted by molar-refractivity contribution is -0.174. The molecule has 10 heteroatoms. The first-order chi connectivity index (χ1) is 7.71. The lowest BCUT2D eigenvalue weighted by Crippen LogP contribution is -2.38. The average molecular weight is 269 g/mol. The molecule has 1 heterocycles. The number of rotatable bonds is 3. The Hall–Kier alpha value is -1.71. The minimum Gasteiger partial charge on any atom is -0.476 e. The number of carboxylic acids is 1. The molecule has 1 aromatic rings. The summed E-state index contributed by atoms with van der Waals surface area (Å²) in [6.45, 7) is 1.25. The number of carboxylic acid groups (broad SMARTS) is 1. The molecule has 0 spiro atoms. The van der Waals surface area contributed by atoms with Crippen LogP contribution in [0.25, 0.3) is 0 Å². The number of hydrogen-bond acceptors (Lipinski definition) is 5. The van der Waals surface area contributed by atoms with Crippen LogP contribution in [0.3, 0.4) is 0 Å². The summed E-state index contributed by atoms with van der Waals surface area (Å²) in [5.41, 5.74) is 0. The van der Waals surface area contributed by atoms with Crippen molar-refractivity contribution < 1.29 is 27.9 Å². The van der Waals surface area contributed by atoms with Crippen molar-refractivity contribution in [2.75, 3.05) is 0 Å². The van der Waals surface area contributed by atoms with E-state index in [-0.39, 0.29) is 10.0 Å². The maximum absolute atomic E-state index is 11.9. The van der Waals surface area contributed by atoms with Gasteiger partial charge < -0.3 is 10.4 Å². The van der Waals surface area contributed by atoms with E-state index < -0.39 is 24.1 Å². The molecular weight excluding hydrogens is 263 g/mol. The molecule has 6 nitrogen and oxygen atoms in total. The number of halogens is 3. The van der Waals surface area contributed by atoms with Gasteiger partial charge in [0.15, 0.2) is 0 Å². The first kappa shape index (κ1) is 13.4. The Bertz CT molecular complexity index is 445. The lowest BCUT2D eigenvalue weighted by Gasteiger charge is -2.11. The monoisotopic (exact) mass is 269 g/mol. The molecule has 0 aliphatic carbocycles. The van der Waals surface area contributed by atoms with Crippen LogP contribution < -0.4 is 5.32 Å². The number of hydrogen-bond donors (Lipinski definition) is 2. The van der Waals surface area contributed by atoms with Crippen LogP contribution in [0, 0.1) is 0 Å². The third kappa shape index (κ3) is 3.37. The second-order valence-corrected chi connectivity index (χ2v) is 3.95. The fraction of sp³-hybridized carbons (Fsp3) is 0.429. The van der Waals surface area contributed by atoms with Gasteiger partial charge in [-0.25, -0.2) is 4.79 Å². The molecule has 1 unspecified atom stereocenters. The van der Waals surface area contributed by atoms with Crippen molar-refractivity contribution in [3.63, 3.8) is 0 Å². The van der Waals surface area contributed by atoms with Gasteiger partial charge in [0.05, 0.1) is 6.04 Å². The molecule has 17 heavy (non-hydrogen) atoms. The molecule has 0 aliphatic rings. The van der Waals surface area contributed by atoms with E-state index in [0.29, 0.717) is 11.3 Å². The zero-order chi connectivity index (χ0) is 13.2. The van der Waals surface area contributed by atoms with Crippen molar-refractivity contribution in [1.29, 1.82) is 0 Å². The van der Waals surface area contributed by atoms with E-state index in [2.05, 4.69) is 10.2 Å². The highest BCUT2D eigenvalue weighted by Gasteiger charge is 2.39. The van der Waals surface area contributed by atoms with E-state index >= 15 is 0 Å². The average Bonchev–Trinajstić information content (AvgIpc) is 2.64. The first-order valence-electron chi connectivity index (χ1n) is 4.16. The van der Waals surface area contributed by atoms with Crippen molar-refractivity contribution in [2.24, 2.45) is 0 Å². The molecule has 1 atom stereocenters. The Labute approximate surface area is 96.5 Å². The molecule has 0 radical (unpaired) electrons. The first-order valence-corrected chi connectivity index (χ1v) is 4.98. The van der Waals surface area contributed by atoms with Crippen molar-refractivity contribution in [3.05, 3.63) is 10.0 Å². The number of amides is 1. The molecule has 1 rings (SSSR count). The van der Waals surface area contributed by atoms with Crippen molar-refractivity contribution >= 4 is 23.2 Å². The summed E-state index contributed by atoms with van der Waals surface area (Å²) in [6, 6.07) is -1.06. The van der Waals surface area contributed by atoms with Gasteiger partial charge in [0.2, 0.25) is 5.01 Å². The summed E-state index contributed by atoms with van der Waals surface area (Å²) in [5.74, 6) is -3.44. The van der Waals surface area contributed by atoms with Gasteiger partial charge >= 0.3 is 18.1 Å². The SMILES string of the molecule is CC(NC(=O)C(F)(F)F)c1nnc(C(=O)O)s1. The third-order valence-electron chi connectivity index (χ3n) is 1.60. The molecule has 0 aromatic carbocycles. The Morgan fingerprint density at radius 3 is 2.41 bits per heavy atom. The van der Waals surface area contributed by atoms with Crippen molar-refractivity contribution in [1.82, 2.24) is 15.5 Å². The second kappa shape index (κ2) is 4.65. The zero-order valence-electron chi connectivity index (χ0n) is 8.28. The smallest absolute Gasteiger partial charge is 0.471 e. The lowest BCUT2D eigenvalue weighted by atomic mass is 10.3. The van der Waals surface area contributed by atoms with E-state index in [4.69, 9.17) is 5.11 Å². The third-order valence-corrected chi connectivity index (χ3v) is 2.69. The van der Waals surface area contributed by atoms with Crippen LogP contribution in [0.4, 0.5) is 13.2 Å². The summed E-state index contributed by atoms with van der Waals surface area (Å²) >= 11 is 0.598. The normalized spacial score (nSPS) is 13.2. The molecule has 0 aliphatic heterocycles. The van der Waals surface area contributed by atoms with Crippen LogP contribution in [0.5, 0.6) is 0 Å². The number of aromatic carboxylic acids is 1. The maximum Gasteiger partial charge on any atom is 0.471 e. The number of alkyl halides is 3. The minimum absolute atomic E-state index is 0.0139. The number of nitrogens with zero attached hydrogens (tertiary/aromatic N) is 2. The van der Waals surface area contributed by atoms with Crippen LogP contribution in [-0.2, 0) is 4.79 Å². The summed E-state index contributed by atoms with van der Waals surface area (Å²) in [5, 5.41) is 16.4. The maximum atomic E-state index is 11.9. The van der Waals surface area contributed by atoms with E-state index in [1.165, 1.54) is 6.92 Å². The quantitative estimate of drug-likeness (QED) is 0.853. The summed E-state index contributed by atoms with van der Waals surface area (Å²) in [7, 11) is 0. The molecule has 94 valence electrons. The fourth-order valence-electron chi connectivity index (χ4n) is 0.836. The van der Waals surface area contributed by atoms with E-state index in [1.54, 1.807) is 5.32 Å². The van der Waals surface area contributed by atoms with E-state index in [9.17, 15) is 22.8 Å². The minimum atomic E-state index is -4.99. The van der Waals surface area contributed by atoms with Crippen LogP contribution in [0.15, 0.2) is 0 Å². The highest BCUT2D eigenvalue weighted by atomic mass is 32.1. The highest BCUT2D eigenvalue weighted by Crippen LogP contribution is 2.20. The molecule has 1 amide bonds. The van der Waals surface area contributed by atoms with Crippen LogP contribution >= 0.6 is 11.3 Å². The fourth-order valence-corrected chi connectivity index (χ4v) is 1.52. The molecule has 1 aromatic heterocycles. The standard InChI is InChI=1S/C7H6F3N3O3S/c1-2(11-6(16)7(8,9)10)3-12-13-4(17-3)5(14)15/h2H,1H3,(H,11,16)(H,14,15). The second-order valence-electron chi connectivity index (χ2n) is 2.94. The molecule has 2 N–H and O–H groups in total. The number of carbonyl (C=O) groups is 2. The molecular formula is C7H6F3N3O3S. The predicted octanol–water partition coefficient (Wildman–Crippen LogP) is 0.976. The van der Waals surface area contributed by atoms with Gasteiger partial charge in [-0.1, -0.05) is 11.3 Å². The molecule has 0 bridgehead atoms. The van der Waals surface area contributed by atoms with Crippen molar-refractivity contribution in [3.8, 4) is 0 Å². The molecule has 0 saturated heterocycles. The summed E-state index contributed by atoms with van der Waals surface area (Å²) in [6.07, 6.45) is -4.99. The van der Waals surface area contributed by atoms with Crippen LogP contribution in [0.2, 0.25) is 0 Å². The van der Waals surface area contributed by atoms with Crippen LogP contribution in [-0.4, -0.2) is 33.4 Å². The van der Waals surface area contributed by atoms with Gasteiger partial charge in [0.25, 0.3) is 0 Å². The predicted molar refractivity (Wildman–Crippen MR) is 49.5 cm³/mol. The summed E-state index contributed by atoms with van der Waals surface area (Å²) < 4.78 is 35.8. The van der Waals surface area contributed by atoms with Gasteiger partial charge in [0.1, 0.15) is 5.01 Å². The highest BCUT2D eigenvalue weighted by molar-refractivity contribution is 7.13. The Morgan fingerprint density at radius 1 is 1.41 bits per heavy atom. The van der Waals surface area contributed by atoms with Gasteiger partial charge in [-0.15, -0.1) is 10.2 Å². The molecule has 0 saturated carbocycles. The van der Waals surface area contributed by atoms with E-state index in [1.807, 2.05) is 0 Å². The van der Waals surface area contributed by atoms with Crippen LogP contribution in [0.1, 0.15) is 27.8 Å². The Morgan fingerprint density at radius 2 is 2.00 bits per heavy atom. The summed E-state index contributed by atoms with van der Waals surface area (Å²) in [4.78, 5) is 21.1. The van der Waals surface area contributed by atoms with Gasteiger partial charge in [-0.05, 0) is 6.92 Å². The topological polar surface area (TPSA) is 92.2 Å². The number of carbonyl (C=O) groups excluding carboxylic acids is 1. The largest absolute Gasteiger partial charge is 0.476 e. The van der Waals surface area contributed by atoms with Gasteiger partial charge in [0, 0.05) is 0 Å². The Kier molecular flexibility index (Phi) is 3.66. The Balaban J connectivity index is 2.73. The molecule has 0 fully saturated rings.